The summed E-state index contributed by atoms with van der Waals surface area (Å²) in [5.41, 5.74) is 29.2. The number of amides is 2. The highest BCUT2D eigenvalue weighted by Crippen LogP contribution is 2.35. The van der Waals surface area contributed by atoms with Crippen LogP contribution < -0.4 is 11.5 Å². The zero-order valence-electron chi connectivity index (χ0n) is 31.0. The molecule has 0 aromatic heterocycles. The third-order valence-corrected chi connectivity index (χ3v) is 10.7. The Morgan fingerprint density at radius 2 is 0.845 bits per heavy atom. The summed E-state index contributed by atoms with van der Waals surface area (Å²) < 4.78 is 0. The molecule has 2 amide bonds. The van der Waals surface area contributed by atoms with E-state index in [0.717, 1.165) is 103 Å². The smallest absolute Gasteiger partial charge is 0.248 e. The number of benzene rings is 6. The van der Waals surface area contributed by atoms with Crippen LogP contribution in [0.5, 0.6) is 0 Å². The zero-order chi connectivity index (χ0) is 39.9. The van der Waals surface area contributed by atoms with Gasteiger partial charge >= 0.3 is 0 Å². The number of nitrogens with two attached hydrogens (primary N) is 2. The highest BCUT2D eigenvalue weighted by atomic mass is 16.1. The molecule has 0 saturated carbocycles. The molecule has 0 spiro atoms. The van der Waals surface area contributed by atoms with Gasteiger partial charge in [-0.05, 0) is 105 Å². The fourth-order valence-electron chi connectivity index (χ4n) is 7.61. The van der Waals surface area contributed by atoms with Crippen molar-refractivity contribution in [2.45, 2.75) is 25.7 Å². The van der Waals surface area contributed by atoms with Gasteiger partial charge in [-0.3, -0.25) is 29.6 Å². The van der Waals surface area contributed by atoms with Gasteiger partial charge in [0.15, 0.2) is 5.69 Å². The predicted octanol–water partition coefficient (Wildman–Crippen LogP) is 8.70. The van der Waals surface area contributed by atoms with Crippen molar-refractivity contribution in [3.63, 3.8) is 0 Å². The molecule has 4 N–H and O–H groups in total. The Labute approximate surface area is 334 Å². The van der Waals surface area contributed by atoms with Gasteiger partial charge in [-0.2, -0.15) is 5.26 Å². The van der Waals surface area contributed by atoms with Gasteiger partial charge < -0.3 is 11.5 Å². The first-order chi connectivity index (χ1) is 28.2. The van der Waals surface area contributed by atoms with Crippen molar-refractivity contribution in [3.8, 4) is 6.07 Å². The Morgan fingerprint density at radius 3 is 1.21 bits per heavy atom. The molecular weight excluding hydrogens is 721 g/mol. The quantitative estimate of drug-likeness (QED) is 0.163. The minimum atomic E-state index is -0.433. The maximum Gasteiger partial charge on any atom is 0.248 e. The Balaban J connectivity index is 0.000000151. The van der Waals surface area contributed by atoms with Gasteiger partial charge in [-0.1, -0.05) is 60.7 Å². The van der Waals surface area contributed by atoms with Crippen LogP contribution in [0.25, 0.3) is 4.85 Å². The number of carbonyl (C=O) groups excluding carboxylic acids is 2. The van der Waals surface area contributed by atoms with Crippen LogP contribution in [0.2, 0.25) is 0 Å². The largest absolute Gasteiger partial charge is 0.366 e. The van der Waals surface area contributed by atoms with E-state index in [1.807, 2.05) is 84.9 Å². The molecule has 0 atom stereocenters. The number of aliphatic imine (C=N–C) groups is 4. The molecule has 0 unspecified atom stereocenters. The number of hydrogen-bond donors (Lipinski definition) is 2. The summed E-state index contributed by atoms with van der Waals surface area (Å²) in [7, 11) is 0. The van der Waals surface area contributed by atoms with E-state index in [-0.39, 0.29) is 0 Å². The van der Waals surface area contributed by atoms with Crippen molar-refractivity contribution >= 4 is 63.1 Å². The van der Waals surface area contributed by atoms with Crippen LogP contribution in [0, 0.1) is 17.9 Å². The third kappa shape index (κ3) is 6.87. The van der Waals surface area contributed by atoms with Gasteiger partial charge in [-0.15, -0.1) is 0 Å². The van der Waals surface area contributed by atoms with Crippen LogP contribution >= 0.6 is 0 Å². The van der Waals surface area contributed by atoms with E-state index in [0.29, 0.717) is 35.2 Å². The molecule has 10 heteroatoms. The highest BCUT2D eigenvalue weighted by Gasteiger charge is 2.22. The number of primary amides is 2. The molecule has 0 radical (unpaired) electrons. The standard InChI is InChI=1S/C24H18N4O2.C24H14N4/c25-23(29)15-5-7-19-17(9-15)11-21(27-19)13-1-2-14(4-3-13)22-12-18-10-16(24(26)30)6-8-20(18)28-22;1-26-20-7-9-22-19(11-20)13-24(28-22)17-5-3-16(4-6-17)23-12-18-10-15(14-25)2-8-21(18)27-23/h1-10H,11-12H2,(H2,25,29)(H2,26,30);2-11H,12-13H2. The Hall–Kier alpha value is -8.08. The van der Waals surface area contributed by atoms with E-state index in [4.69, 9.17) is 43.3 Å². The minimum absolute atomic E-state index is 0.433. The van der Waals surface area contributed by atoms with Crippen molar-refractivity contribution in [3.05, 3.63) is 194 Å². The van der Waals surface area contributed by atoms with Crippen LogP contribution in [0.15, 0.2) is 141 Å². The second-order valence-corrected chi connectivity index (χ2v) is 14.4. The topological polar surface area (TPSA) is 164 Å². The first-order valence-corrected chi connectivity index (χ1v) is 18.6. The molecule has 10 rings (SSSR count). The summed E-state index contributed by atoms with van der Waals surface area (Å²) in [6.07, 6.45) is 2.83. The zero-order valence-corrected chi connectivity index (χ0v) is 31.0. The molecule has 4 aliphatic rings. The molecule has 4 aliphatic heterocycles. The monoisotopic (exact) mass is 752 g/mol. The number of rotatable bonds is 6. The van der Waals surface area contributed by atoms with E-state index in [1.165, 1.54) is 0 Å². The average Bonchev–Trinajstić information content (AvgIpc) is 4.07. The Kier molecular flexibility index (Phi) is 8.92. The van der Waals surface area contributed by atoms with Crippen molar-refractivity contribution in [2.75, 3.05) is 0 Å². The third-order valence-electron chi connectivity index (χ3n) is 10.7. The van der Waals surface area contributed by atoms with E-state index in [9.17, 15) is 9.59 Å². The molecule has 276 valence electrons. The molecule has 58 heavy (non-hydrogen) atoms. The molecule has 10 nitrogen and oxygen atoms in total. The van der Waals surface area contributed by atoms with Crippen molar-refractivity contribution in [1.82, 2.24) is 0 Å². The maximum absolute atomic E-state index is 11.4. The summed E-state index contributed by atoms with van der Waals surface area (Å²) in [6, 6.07) is 40.7. The minimum Gasteiger partial charge on any atom is -0.366 e. The first kappa shape index (κ1) is 35.6. The van der Waals surface area contributed by atoms with Gasteiger partial charge in [0.1, 0.15) is 0 Å². The lowest BCUT2D eigenvalue weighted by Gasteiger charge is -2.04. The lowest BCUT2D eigenvalue weighted by molar-refractivity contribution is 0.0992. The van der Waals surface area contributed by atoms with E-state index in [2.05, 4.69) is 35.2 Å². The van der Waals surface area contributed by atoms with Crippen molar-refractivity contribution in [1.29, 1.82) is 5.26 Å². The van der Waals surface area contributed by atoms with Crippen LogP contribution in [0.1, 0.15) is 70.8 Å². The lowest BCUT2D eigenvalue weighted by Crippen LogP contribution is -2.11. The average molecular weight is 753 g/mol. The molecular formula is C48H32N8O2. The Morgan fingerprint density at radius 1 is 0.500 bits per heavy atom. The normalized spacial score (nSPS) is 13.9. The number of nitriles is 1. The molecule has 0 fully saturated rings. The van der Waals surface area contributed by atoms with E-state index in [1.54, 1.807) is 12.1 Å². The number of fused-ring (bicyclic) bond motifs is 4. The summed E-state index contributed by atoms with van der Waals surface area (Å²) in [5.74, 6) is -0.867. The van der Waals surface area contributed by atoms with Crippen LogP contribution in [-0.4, -0.2) is 34.7 Å². The molecule has 0 saturated heterocycles. The summed E-state index contributed by atoms with van der Waals surface area (Å²) in [6.45, 7) is 7.16. The molecule has 0 aliphatic carbocycles. The molecule has 4 heterocycles. The van der Waals surface area contributed by atoms with Gasteiger partial charge in [0.2, 0.25) is 11.8 Å². The number of carbonyl (C=O) groups is 2. The second kappa shape index (κ2) is 14.5. The summed E-state index contributed by atoms with van der Waals surface area (Å²) in [5, 5.41) is 9.07. The fourth-order valence-corrected chi connectivity index (χ4v) is 7.61. The molecule has 0 bridgehead atoms. The van der Waals surface area contributed by atoms with Gasteiger partial charge in [0.25, 0.3) is 0 Å². The van der Waals surface area contributed by atoms with Gasteiger partial charge in [-0.25, -0.2) is 4.85 Å². The van der Waals surface area contributed by atoms with Gasteiger partial charge in [0, 0.05) is 36.8 Å². The van der Waals surface area contributed by atoms with Crippen molar-refractivity contribution in [2.24, 2.45) is 31.4 Å². The first-order valence-electron chi connectivity index (χ1n) is 18.6. The molecule has 6 aromatic carbocycles. The second-order valence-electron chi connectivity index (χ2n) is 14.4. The van der Waals surface area contributed by atoms with Crippen molar-refractivity contribution < 1.29 is 9.59 Å². The fraction of sp³-hybridized carbons (Fsp3) is 0.0833. The number of nitrogens with zero attached hydrogens (tertiary/aromatic N) is 6. The van der Waals surface area contributed by atoms with Crippen LogP contribution in [0.4, 0.5) is 28.4 Å². The van der Waals surface area contributed by atoms with E-state index < -0.39 is 11.8 Å². The van der Waals surface area contributed by atoms with Crippen LogP contribution in [0.3, 0.4) is 0 Å². The summed E-state index contributed by atoms with van der Waals surface area (Å²) >= 11 is 0. The number of hydrogen-bond acceptors (Lipinski definition) is 7. The SMILES string of the molecule is NC(=O)c1ccc2c(c1)CC(c1ccc(C3=Nc4ccc(C(N)=O)cc4C3)cc1)=N2.[C-]#[N+]c1ccc2c(c1)CC(c1ccc(C3=Nc4ccc(C#N)cc4C3)cc1)=N2. The van der Waals surface area contributed by atoms with Crippen LogP contribution in [-0.2, 0) is 25.7 Å². The highest BCUT2D eigenvalue weighted by molar-refractivity contribution is 6.11. The lowest BCUT2D eigenvalue weighted by atomic mass is 9.99. The maximum atomic E-state index is 11.4. The van der Waals surface area contributed by atoms with E-state index >= 15 is 0 Å². The Bertz CT molecular complexity index is 2760. The van der Waals surface area contributed by atoms with Gasteiger partial charge in [0.05, 0.1) is 63.8 Å². The predicted molar refractivity (Wildman–Crippen MR) is 226 cm³/mol. The molecule has 6 aromatic rings. The summed E-state index contributed by atoms with van der Waals surface area (Å²) in [4.78, 5) is 45.1.